The summed E-state index contributed by atoms with van der Waals surface area (Å²) >= 11 is 11.9. The highest BCUT2D eigenvalue weighted by molar-refractivity contribution is 6.31. The van der Waals surface area contributed by atoms with Gasteiger partial charge in [0.2, 0.25) is 0 Å². The van der Waals surface area contributed by atoms with Crippen molar-refractivity contribution in [2.45, 2.75) is 13.5 Å². The number of nitrogens with one attached hydrogen (secondary N) is 3. The summed E-state index contributed by atoms with van der Waals surface area (Å²) in [6.45, 7) is 1.75. The molecule has 3 rings (SSSR count). The minimum absolute atomic E-state index is 0.00537. The molecule has 0 amide bonds. The second-order valence-corrected chi connectivity index (χ2v) is 6.76. The smallest absolute Gasteiger partial charge is 0.198 e. The van der Waals surface area contributed by atoms with E-state index in [9.17, 15) is 4.39 Å². The molecule has 1 heterocycles. The summed E-state index contributed by atoms with van der Waals surface area (Å²) in [5.41, 5.74) is 1.68. The van der Waals surface area contributed by atoms with Gasteiger partial charge in [0.05, 0.1) is 5.02 Å². The van der Waals surface area contributed by atoms with Crippen LogP contribution in [0.3, 0.4) is 0 Å². The molecule has 0 spiro atoms. The molecule has 0 bridgehead atoms. The number of aryl methyl sites for hydroxylation is 1. The van der Waals surface area contributed by atoms with E-state index in [0.717, 1.165) is 5.69 Å². The molecule has 0 fully saturated rings. The molecule has 0 radical (unpaired) electrons. The third-order valence-electron chi connectivity index (χ3n) is 3.79. The average Bonchev–Trinajstić information content (AvgIpc) is 2.64. The molecular weight excluding hydrogens is 402 g/mol. The van der Waals surface area contributed by atoms with Crippen LogP contribution in [0, 0.1) is 18.2 Å². The van der Waals surface area contributed by atoms with Crippen molar-refractivity contribution in [3.05, 3.63) is 81.7 Å². The van der Waals surface area contributed by atoms with E-state index in [0.29, 0.717) is 22.3 Å². The average molecular weight is 419 g/mol. The van der Waals surface area contributed by atoms with Crippen LogP contribution in [0.25, 0.3) is 0 Å². The Bertz CT molecular complexity index is 976. The van der Waals surface area contributed by atoms with Crippen LogP contribution >= 0.6 is 23.2 Å². The lowest BCUT2D eigenvalue weighted by molar-refractivity contribution is 0.300. The van der Waals surface area contributed by atoms with Crippen LogP contribution in [0.2, 0.25) is 10.0 Å². The Labute approximate surface area is 172 Å². The second kappa shape index (κ2) is 8.91. The van der Waals surface area contributed by atoms with Crippen molar-refractivity contribution in [1.82, 2.24) is 4.98 Å². The maximum Gasteiger partial charge on any atom is 0.198 e. The van der Waals surface area contributed by atoms with E-state index in [1.807, 2.05) is 6.92 Å². The first kappa shape index (κ1) is 19.9. The van der Waals surface area contributed by atoms with E-state index in [1.165, 1.54) is 12.1 Å². The predicted octanol–water partition coefficient (Wildman–Crippen LogP) is 5.87. The van der Waals surface area contributed by atoms with Crippen LogP contribution in [-0.4, -0.2) is 10.9 Å². The molecule has 28 heavy (non-hydrogen) atoms. The molecule has 0 saturated heterocycles. The van der Waals surface area contributed by atoms with Gasteiger partial charge < -0.3 is 15.4 Å². The number of ether oxygens (including phenoxy) is 1. The number of pyridine rings is 1. The van der Waals surface area contributed by atoms with E-state index >= 15 is 0 Å². The minimum Gasteiger partial charge on any atom is -0.485 e. The topological polar surface area (TPSA) is 70.0 Å². The van der Waals surface area contributed by atoms with Crippen LogP contribution in [0.5, 0.6) is 5.75 Å². The fourth-order valence-corrected chi connectivity index (χ4v) is 2.74. The van der Waals surface area contributed by atoms with Gasteiger partial charge in [0.15, 0.2) is 17.5 Å². The zero-order valence-electron chi connectivity index (χ0n) is 14.9. The number of hydrogen-bond acceptors (Lipinski definition) is 3. The van der Waals surface area contributed by atoms with Gasteiger partial charge in [-0.15, -0.1) is 0 Å². The van der Waals surface area contributed by atoms with Crippen LogP contribution in [0.1, 0.15) is 11.3 Å². The Morgan fingerprint density at radius 2 is 1.82 bits per heavy atom. The number of guanidine groups is 1. The molecule has 0 aliphatic carbocycles. The van der Waals surface area contributed by atoms with Crippen molar-refractivity contribution in [3.63, 3.8) is 0 Å². The monoisotopic (exact) mass is 418 g/mol. The minimum atomic E-state index is -0.445. The SMILES string of the molecule is Cc1ccc(OCc2c(F)cccc2Cl)c(NC(=N)Nc2ccc(Cl)cc2)n1. The number of nitrogens with zero attached hydrogens (tertiary/aromatic N) is 1. The summed E-state index contributed by atoms with van der Waals surface area (Å²) in [5, 5.41) is 14.8. The third kappa shape index (κ3) is 5.12. The highest BCUT2D eigenvalue weighted by Crippen LogP contribution is 2.26. The number of anilines is 2. The molecule has 0 aliphatic heterocycles. The molecule has 3 aromatic rings. The van der Waals surface area contributed by atoms with E-state index in [-0.39, 0.29) is 23.2 Å². The van der Waals surface area contributed by atoms with Crippen molar-refractivity contribution in [2.24, 2.45) is 0 Å². The molecule has 0 aliphatic rings. The zero-order valence-corrected chi connectivity index (χ0v) is 16.4. The zero-order chi connectivity index (χ0) is 20.1. The van der Waals surface area contributed by atoms with E-state index in [1.54, 1.807) is 42.5 Å². The van der Waals surface area contributed by atoms with Gasteiger partial charge in [0.1, 0.15) is 12.4 Å². The van der Waals surface area contributed by atoms with Gasteiger partial charge in [-0.05, 0) is 55.5 Å². The fourth-order valence-electron chi connectivity index (χ4n) is 2.40. The molecule has 144 valence electrons. The number of benzene rings is 2. The Morgan fingerprint density at radius 3 is 2.54 bits per heavy atom. The second-order valence-electron chi connectivity index (χ2n) is 5.92. The quantitative estimate of drug-likeness (QED) is 0.357. The van der Waals surface area contributed by atoms with Crippen LogP contribution in [-0.2, 0) is 6.61 Å². The lowest BCUT2D eigenvalue weighted by Gasteiger charge is -2.15. The van der Waals surface area contributed by atoms with E-state index in [4.69, 9.17) is 33.3 Å². The van der Waals surface area contributed by atoms with Crippen molar-refractivity contribution in [2.75, 3.05) is 10.6 Å². The van der Waals surface area contributed by atoms with E-state index < -0.39 is 5.82 Å². The van der Waals surface area contributed by atoms with Crippen molar-refractivity contribution in [1.29, 1.82) is 5.41 Å². The first-order chi connectivity index (χ1) is 13.4. The third-order valence-corrected chi connectivity index (χ3v) is 4.39. The molecular formula is C20H17Cl2FN4O. The van der Waals surface area contributed by atoms with Crippen LogP contribution < -0.4 is 15.4 Å². The maximum atomic E-state index is 13.9. The molecule has 0 unspecified atom stereocenters. The summed E-state index contributed by atoms with van der Waals surface area (Å²) in [6, 6.07) is 14.9. The number of hydrogen-bond donors (Lipinski definition) is 3. The lowest BCUT2D eigenvalue weighted by Crippen LogP contribution is -2.21. The lowest BCUT2D eigenvalue weighted by atomic mass is 10.2. The largest absolute Gasteiger partial charge is 0.485 e. The molecule has 5 nitrogen and oxygen atoms in total. The Hall–Kier alpha value is -2.83. The van der Waals surface area contributed by atoms with Gasteiger partial charge in [0.25, 0.3) is 0 Å². The molecule has 1 aromatic heterocycles. The molecule has 3 N–H and O–H groups in total. The first-order valence-corrected chi connectivity index (χ1v) is 9.09. The number of rotatable bonds is 5. The van der Waals surface area contributed by atoms with Gasteiger partial charge in [-0.25, -0.2) is 9.37 Å². The molecule has 8 heteroatoms. The Balaban J connectivity index is 1.73. The van der Waals surface area contributed by atoms with Crippen molar-refractivity contribution >= 4 is 40.7 Å². The van der Waals surface area contributed by atoms with E-state index in [2.05, 4.69) is 15.6 Å². The highest BCUT2D eigenvalue weighted by atomic mass is 35.5. The Kier molecular flexibility index (Phi) is 6.34. The van der Waals surface area contributed by atoms with Gasteiger partial charge in [0, 0.05) is 22.0 Å². The first-order valence-electron chi connectivity index (χ1n) is 8.34. The summed E-state index contributed by atoms with van der Waals surface area (Å²) < 4.78 is 19.7. The molecule has 0 saturated carbocycles. The standard InChI is InChI=1S/C20H17Cl2FN4O/c1-12-5-10-18(28-11-15-16(22)3-2-4-17(15)23)19(25-12)27-20(24)26-14-8-6-13(21)7-9-14/h2-10H,11H2,1H3,(H3,24,25,26,27). The fraction of sp³-hybridized carbons (Fsp3) is 0.100. The summed E-state index contributed by atoms with van der Waals surface area (Å²) in [7, 11) is 0. The van der Waals surface area contributed by atoms with Crippen LogP contribution in [0.15, 0.2) is 54.6 Å². The normalized spacial score (nSPS) is 10.4. The van der Waals surface area contributed by atoms with Gasteiger partial charge >= 0.3 is 0 Å². The van der Waals surface area contributed by atoms with Crippen LogP contribution in [0.4, 0.5) is 15.9 Å². The van der Waals surface area contributed by atoms with Crippen molar-refractivity contribution in [3.8, 4) is 5.75 Å². The molecule has 0 atom stereocenters. The number of aromatic nitrogens is 1. The highest BCUT2D eigenvalue weighted by Gasteiger charge is 2.12. The maximum absolute atomic E-state index is 13.9. The predicted molar refractivity (Wildman–Crippen MR) is 111 cm³/mol. The summed E-state index contributed by atoms with van der Waals surface area (Å²) in [6.07, 6.45) is 0. The summed E-state index contributed by atoms with van der Waals surface area (Å²) in [4.78, 5) is 4.36. The van der Waals surface area contributed by atoms with Gasteiger partial charge in [-0.3, -0.25) is 5.41 Å². The molecule has 2 aromatic carbocycles. The van der Waals surface area contributed by atoms with Gasteiger partial charge in [-0.1, -0.05) is 29.3 Å². The Morgan fingerprint density at radius 1 is 1.07 bits per heavy atom. The van der Waals surface area contributed by atoms with Crippen molar-refractivity contribution < 1.29 is 9.13 Å². The van der Waals surface area contributed by atoms with Gasteiger partial charge in [-0.2, -0.15) is 0 Å². The number of halogens is 3. The summed E-state index contributed by atoms with van der Waals surface area (Å²) in [5.74, 6) is 0.250.